The van der Waals surface area contributed by atoms with E-state index in [1.54, 1.807) is 6.92 Å². The molecule has 0 aliphatic carbocycles. The lowest BCUT2D eigenvalue weighted by molar-refractivity contribution is 0.269. The first-order chi connectivity index (χ1) is 6.25. The first kappa shape index (κ1) is 7.78. The molecule has 0 bridgehead atoms. The molecular weight excluding hydrogens is 174 g/mol. The fraction of sp³-hybridized carbons (Fsp3) is 0.286. The van der Waals surface area contributed by atoms with Crippen molar-refractivity contribution in [3.05, 3.63) is 34.4 Å². The minimum Gasteiger partial charge on any atom is -0.384 e. The van der Waals surface area contributed by atoms with Crippen molar-refractivity contribution in [3.8, 4) is 0 Å². The molecular formula is C7H7N3O3. The Morgan fingerprint density at radius 2 is 2.46 bits per heavy atom. The van der Waals surface area contributed by atoms with Crippen LogP contribution in [0.3, 0.4) is 0 Å². The van der Waals surface area contributed by atoms with E-state index in [0.717, 1.165) is 4.74 Å². The topological polar surface area (TPSA) is 74.1 Å². The van der Waals surface area contributed by atoms with E-state index < -0.39 is 0 Å². The highest BCUT2D eigenvalue weighted by Crippen LogP contribution is 1.96. The summed E-state index contributed by atoms with van der Waals surface area (Å²) in [7, 11) is 0. The summed E-state index contributed by atoms with van der Waals surface area (Å²) in [4.78, 5) is 14.9. The zero-order chi connectivity index (χ0) is 9.26. The van der Waals surface area contributed by atoms with Gasteiger partial charge in [0.2, 0.25) is 5.89 Å². The van der Waals surface area contributed by atoms with E-state index in [9.17, 15) is 4.79 Å². The fourth-order valence-electron chi connectivity index (χ4n) is 0.946. The Morgan fingerprint density at radius 3 is 3.00 bits per heavy atom. The van der Waals surface area contributed by atoms with Crippen LogP contribution in [0.15, 0.2) is 26.2 Å². The molecule has 2 aromatic rings. The Kier molecular flexibility index (Phi) is 1.73. The lowest BCUT2D eigenvalue weighted by Gasteiger charge is -1.91. The van der Waals surface area contributed by atoms with Gasteiger partial charge < -0.3 is 9.05 Å². The lowest BCUT2D eigenvalue weighted by Crippen LogP contribution is -2.14. The number of nitrogens with zero attached hydrogens (tertiary/aromatic N) is 3. The third kappa shape index (κ3) is 1.51. The molecule has 68 valence electrons. The molecule has 0 aliphatic heterocycles. The van der Waals surface area contributed by atoms with E-state index in [1.807, 2.05) is 0 Å². The molecule has 0 amide bonds. The highest BCUT2D eigenvalue weighted by molar-refractivity contribution is 4.86. The molecule has 2 aromatic heterocycles. The molecule has 0 radical (unpaired) electrons. The Bertz CT molecular complexity index is 453. The number of hydrogen-bond acceptors (Lipinski definition) is 5. The van der Waals surface area contributed by atoms with Crippen LogP contribution in [0, 0.1) is 6.92 Å². The molecule has 0 unspecified atom stereocenters. The molecule has 6 nitrogen and oxygen atoms in total. The quantitative estimate of drug-likeness (QED) is 0.660. The molecule has 0 saturated carbocycles. The third-order valence-corrected chi connectivity index (χ3v) is 1.50. The Labute approximate surface area is 72.7 Å². The minimum atomic E-state index is -0.220. The van der Waals surface area contributed by atoms with Crippen LogP contribution in [-0.2, 0) is 6.54 Å². The van der Waals surface area contributed by atoms with Crippen LogP contribution < -0.4 is 5.56 Å². The molecule has 0 saturated heterocycles. The fourth-order valence-corrected chi connectivity index (χ4v) is 0.946. The maximum atomic E-state index is 11.0. The van der Waals surface area contributed by atoms with Crippen LogP contribution in [0.2, 0.25) is 0 Å². The molecule has 0 aromatic carbocycles. The van der Waals surface area contributed by atoms with Crippen molar-refractivity contribution >= 4 is 0 Å². The summed E-state index contributed by atoms with van der Waals surface area (Å²) in [5, 5.41) is 3.63. The van der Waals surface area contributed by atoms with Crippen molar-refractivity contribution in [2.45, 2.75) is 13.5 Å². The van der Waals surface area contributed by atoms with Crippen LogP contribution in [0.25, 0.3) is 0 Å². The SMILES string of the molecule is Cc1nc(Cn2occc2=O)no1. The maximum absolute atomic E-state index is 11.0. The van der Waals surface area contributed by atoms with Gasteiger partial charge in [0.05, 0.1) is 0 Å². The van der Waals surface area contributed by atoms with Gasteiger partial charge in [-0.2, -0.15) is 9.72 Å². The van der Waals surface area contributed by atoms with Gasteiger partial charge in [0.15, 0.2) is 5.82 Å². The van der Waals surface area contributed by atoms with E-state index in [2.05, 4.69) is 10.1 Å². The van der Waals surface area contributed by atoms with Gasteiger partial charge in [-0.25, -0.2) is 0 Å². The zero-order valence-corrected chi connectivity index (χ0v) is 6.93. The van der Waals surface area contributed by atoms with E-state index >= 15 is 0 Å². The van der Waals surface area contributed by atoms with Gasteiger partial charge in [-0.15, -0.1) is 0 Å². The largest absolute Gasteiger partial charge is 0.384 e. The van der Waals surface area contributed by atoms with Crippen molar-refractivity contribution in [1.29, 1.82) is 0 Å². The van der Waals surface area contributed by atoms with Gasteiger partial charge in [0.25, 0.3) is 5.56 Å². The molecule has 0 atom stereocenters. The van der Waals surface area contributed by atoms with Crippen LogP contribution in [0.1, 0.15) is 11.7 Å². The third-order valence-electron chi connectivity index (χ3n) is 1.50. The summed E-state index contributed by atoms with van der Waals surface area (Å²) in [5.41, 5.74) is -0.220. The molecule has 0 fully saturated rings. The molecule has 13 heavy (non-hydrogen) atoms. The maximum Gasteiger partial charge on any atom is 0.282 e. The van der Waals surface area contributed by atoms with Crippen LogP contribution in [0.4, 0.5) is 0 Å². The van der Waals surface area contributed by atoms with E-state index in [-0.39, 0.29) is 12.1 Å². The van der Waals surface area contributed by atoms with Crippen LogP contribution in [-0.4, -0.2) is 14.9 Å². The summed E-state index contributed by atoms with van der Waals surface area (Å²) in [6.07, 6.45) is 1.31. The lowest BCUT2D eigenvalue weighted by atomic mass is 10.6. The summed E-state index contributed by atoms with van der Waals surface area (Å²) in [5.74, 6) is 0.893. The van der Waals surface area contributed by atoms with E-state index in [4.69, 9.17) is 9.05 Å². The summed E-state index contributed by atoms with van der Waals surface area (Å²) >= 11 is 0. The summed E-state index contributed by atoms with van der Waals surface area (Å²) < 4.78 is 10.7. The molecule has 2 rings (SSSR count). The predicted molar refractivity (Wildman–Crippen MR) is 41.1 cm³/mol. The van der Waals surface area contributed by atoms with Crippen molar-refractivity contribution in [3.63, 3.8) is 0 Å². The second-order valence-electron chi connectivity index (χ2n) is 2.51. The number of aryl methyl sites for hydroxylation is 1. The highest BCUT2D eigenvalue weighted by atomic mass is 16.5. The molecule has 2 heterocycles. The summed E-state index contributed by atoms with van der Waals surface area (Å²) in [6.45, 7) is 1.88. The van der Waals surface area contributed by atoms with E-state index in [0.29, 0.717) is 11.7 Å². The highest BCUT2D eigenvalue weighted by Gasteiger charge is 2.05. The average molecular weight is 181 g/mol. The standard InChI is InChI=1S/C7H7N3O3/c1-5-8-6(9-13-5)4-10-7(11)2-3-12-10/h2-3H,4H2,1H3. The smallest absolute Gasteiger partial charge is 0.282 e. The van der Waals surface area contributed by atoms with E-state index in [1.165, 1.54) is 12.3 Å². The van der Waals surface area contributed by atoms with Crippen LogP contribution in [0.5, 0.6) is 0 Å². The van der Waals surface area contributed by atoms with Crippen molar-refractivity contribution < 1.29 is 9.05 Å². The monoisotopic (exact) mass is 181 g/mol. The van der Waals surface area contributed by atoms with Gasteiger partial charge in [-0.1, -0.05) is 5.16 Å². The number of aromatic nitrogens is 3. The Balaban J connectivity index is 2.24. The molecule has 0 N–H and O–H groups in total. The molecule has 0 aliphatic rings. The number of hydrogen-bond donors (Lipinski definition) is 0. The van der Waals surface area contributed by atoms with Gasteiger partial charge in [-0.3, -0.25) is 4.79 Å². The molecule has 6 heteroatoms. The summed E-state index contributed by atoms with van der Waals surface area (Å²) in [6, 6.07) is 1.33. The van der Waals surface area contributed by atoms with Gasteiger partial charge in [0, 0.05) is 13.0 Å². The molecule has 0 spiro atoms. The van der Waals surface area contributed by atoms with Gasteiger partial charge in [-0.05, 0) is 0 Å². The first-order valence-electron chi connectivity index (χ1n) is 3.70. The first-order valence-corrected chi connectivity index (χ1v) is 3.70. The second kappa shape index (κ2) is 2.89. The Hall–Kier alpha value is -1.85. The van der Waals surface area contributed by atoms with Crippen molar-refractivity contribution in [1.82, 2.24) is 14.9 Å². The van der Waals surface area contributed by atoms with Crippen molar-refractivity contribution in [2.75, 3.05) is 0 Å². The van der Waals surface area contributed by atoms with Gasteiger partial charge in [0.1, 0.15) is 12.8 Å². The van der Waals surface area contributed by atoms with Crippen molar-refractivity contribution in [2.24, 2.45) is 0 Å². The normalized spacial score (nSPS) is 10.5. The predicted octanol–water partition coefficient (Wildman–Crippen LogP) is 0.181. The van der Waals surface area contributed by atoms with Gasteiger partial charge >= 0.3 is 0 Å². The second-order valence-corrected chi connectivity index (χ2v) is 2.51. The van der Waals surface area contributed by atoms with Crippen LogP contribution >= 0.6 is 0 Å². The minimum absolute atomic E-state index is 0.198. The average Bonchev–Trinajstić information content (AvgIpc) is 2.64. The number of rotatable bonds is 2. The Morgan fingerprint density at radius 1 is 1.62 bits per heavy atom. The zero-order valence-electron chi connectivity index (χ0n) is 6.93.